The van der Waals surface area contributed by atoms with Crippen LogP contribution in [0.15, 0.2) is 17.3 Å². The normalized spacial score (nSPS) is 31.0. The highest BCUT2D eigenvalue weighted by Crippen LogP contribution is 2.43. The average molecular weight is 355 g/mol. The maximum Gasteiger partial charge on any atom is 0.408 e. The molecule has 5 atom stereocenters. The van der Waals surface area contributed by atoms with Crippen LogP contribution in [0.5, 0.6) is 0 Å². The topological polar surface area (TPSA) is 117 Å². The first-order chi connectivity index (χ1) is 12.7. The number of hydrogen-bond donors (Lipinski definition) is 2. The Kier molecular flexibility index (Phi) is 4.32. The molecule has 0 radical (unpaired) electrons. The molecule has 1 aromatic heterocycles. The van der Waals surface area contributed by atoms with Gasteiger partial charge < -0.3 is 15.4 Å². The van der Waals surface area contributed by atoms with Crippen molar-refractivity contribution in [2.75, 3.05) is 6.54 Å². The lowest BCUT2D eigenvalue weighted by Crippen LogP contribution is -2.33. The molecule has 2 unspecified atom stereocenters. The zero-order chi connectivity index (χ0) is 18.1. The number of hydrogen-bond acceptors (Lipinski definition) is 7. The molecule has 26 heavy (non-hydrogen) atoms. The van der Waals surface area contributed by atoms with Gasteiger partial charge in [-0.3, -0.25) is 9.56 Å². The van der Waals surface area contributed by atoms with Gasteiger partial charge >= 0.3 is 6.09 Å². The number of nitrogens with one attached hydrogen (secondary N) is 2. The Bertz CT molecular complexity index is 794. The smallest absolute Gasteiger partial charge is 0.408 e. The summed E-state index contributed by atoms with van der Waals surface area (Å²) in [5.74, 6) is 2.24. The van der Waals surface area contributed by atoms with E-state index in [4.69, 9.17) is 10.00 Å². The van der Waals surface area contributed by atoms with E-state index in [2.05, 4.69) is 43.4 Å². The number of aromatic nitrogens is 3. The zero-order valence-electron chi connectivity index (χ0n) is 14.5. The van der Waals surface area contributed by atoms with Crippen LogP contribution in [-0.2, 0) is 4.74 Å². The average Bonchev–Trinajstić information content (AvgIpc) is 3.35. The van der Waals surface area contributed by atoms with E-state index in [1.165, 1.54) is 0 Å². The van der Waals surface area contributed by atoms with Crippen LogP contribution in [0.3, 0.4) is 0 Å². The number of carbonyl (C=O) groups is 1. The SMILES string of the molecule is CC[C@@H]1C[C@H](OC(=O)NCC#N)C[C@@H]1c1nnc2n1C1C=CNC1N=C2. The Labute approximate surface area is 151 Å². The van der Waals surface area contributed by atoms with Crippen molar-refractivity contribution in [3.63, 3.8) is 0 Å². The van der Waals surface area contributed by atoms with Gasteiger partial charge in [-0.1, -0.05) is 13.3 Å². The number of nitriles is 1. The van der Waals surface area contributed by atoms with Gasteiger partial charge in [-0.05, 0) is 31.0 Å². The van der Waals surface area contributed by atoms with Gasteiger partial charge in [0.05, 0.1) is 18.3 Å². The third-order valence-electron chi connectivity index (χ3n) is 5.37. The van der Waals surface area contributed by atoms with Crippen LogP contribution in [0.4, 0.5) is 4.79 Å². The summed E-state index contributed by atoms with van der Waals surface area (Å²) in [6, 6.07) is 1.95. The second kappa shape index (κ2) is 6.78. The Hall–Kier alpha value is -2.89. The zero-order valence-corrected chi connectivity index (χ0v) is 14.5. The van der Waals surface area contributed by atoms with Crippen molar-refractivity contribution >= 4 is 12.3 Å². The van der Waals surface area contributed by atoms with Gasteiger partial charge in [-0.25, -0.2) is 4.79 Å². The van der Waals surface area contributed by atoms with Crippen molar-refractivity contribution < 1.29 is 9.53 Å². The van der Waals surface area contributed by atoms with Gasteiger partial charge in [0.25, 0.3) is 0 Å². The molecule has 3 aliphatic rings. The monoisotopic (exact) mass is 355 g/mol. The first kappa shape index (κ1) is 16.6. The van der Waals surface area contributed by atoms with Gasteiger partial charge in [-0.15, -0.1) is 10.2 Å². The first-order valence-corrected chi connectivity index (χ1v) is 8.93. The summed E-state index contributed by atoms with van der Waals surface area (Å²) in [5.41, 5.74) is 0. The van der Waals surface area contributed by atoms with Gasteiger partial charge in [-0.2, -0.15) is 5.26 Å². The third kappa shape index (κ3) is 2.81. The predicted molar refractivity (Wildman–Crippen MR) is 92.4 cm³/mol. The lowest BCUT2D eigenvalue weighted by Gasteiger charge is -2.26. The summed E-state index contributed by atoms with van der Waals surface area (Å²) >= 11 is 0. The highest BCUT2D eigenvalue weighted by Gasteiger charge is 2.41. The summed E-state index contributed by atoms with van der Waals surface area (Å²) in [6.07, 6.45) is 7.51. The fraction of sp³-hybridized carbons (Fsp3) is 0.588. The summed E-state index contributed by atoms with van der Waals surface area (Å²) in [5, 5.41) is 23.0. The summed E-state index contributed by atoms with van der Waals surface area (Å²) in [6.45, 7) is 2.09. The molecular formula is C17H21N7O2. The third-order valence-corrected chi connectivity index (χ3v) is 5.37. The first-order valence-electron chi connectivity index (χ1n) is 8.93. The molecule has 1 amide bonds. The molecule has 1 aromatic rings. The van der Waals surface area contributed by atoms with Gasteiger partial charge in [0.2, 0.25) is 0 Å². The number of carbonyl (C=O) groups excluding carboxylic acids is 1. The van der Waals surface area contributed by atoms with Crippen molar-refractivity contribution in [1.82, 2.24) is 25.4 Å². The minimum Gasteiger partial charge on any atom is -0.446 e. The molecule has 9 heteroatoms. The number of nitrogens with zero attached hydrogens (tertiary/aromatic N) is 5. The number of alkyl carbamates (subject to hydrolysis) is 1. The van der Waals surface area contributed by atoms with Gasteiger partial charge in [0.15, 0.2) is 5.82 Å². The van der Waals surface area contributed by atoms with Crippen molar-refractivity contribution in [2.45, 2.75) is 50.4 Å². The Morgan fingerprint density at radius 3 is 3.19 bits per heavy atom. The number of amides is 1. The molecular weight excluding hydrogens is 334 g/mol. The van der Waals surface area contributed by atoms with Crippen LogP contribution in [0.1, 0.15) is 49.8 Å². The Morgan fingerprint density at radius 2 is 2.38 bits per heavy atom. The molecule has 0 spiro atoms. The Balaban J connectivity index is 1.54. The lowest BCUT2D eigenvalue weighted by molar-refractivity contribution is 0.0991. The number of aliphatic imine (C=N–C) groups is 1. The van der Waals surface area contributed by atoms with Crippen LogP contribution >= 0.6 is 0 Å². The summed E-state index contributed by atoms with van der Waals surface area (Å²) in [4.78, 5) is 16.2. The van der Waals surface area contributed by atoms with E-state index in [0.717, 1.165) is 24.5 Å². The van der Waals surface area contributed by atoms with Crippen LogP contribution in [0, 0.1) is 17.2 Å². The number of fused-ring (bicyclic) bond motifs is 3. The molecule has 1 saturated carbocycles. The Morgan fingerprint density at radius 1 is 1.50 bits per heavy atom. The quantitative estimate of drug-likeness (QED) is 0.784. The predicted octanol–water partition coefficient (Wildman–Crippen LogP) is 1.22. The molecule has 4 rings (SSSR count). The highest BCUT2D eigenvalue weighted by atomic mass is 16.6. The summed E-state index contributed by atoms with van der Waals surface area (Å²) < 4.78 is 7.65. The standard InChI is InChI=1S/C17H21N7O2/c1-2-10-7-11(26-17(25)20-6-4-18)8-12(10)16-23-22-14-9-21-15-13(24(14)16)3-5-19-15/h3,5,9-13,15,19H,2,6-8H2,1H3,(H,20,25)/t10-,11+,12+,13?,15?/m1/s1. The van der Waals surface area contributed by atoms with E-state index in [1.807, 2.05) is 12.3 Å². The van der Waals surface area contributed by atoms with Crippen LogP contribution < -0.4 is 10.6 Å². The van der Waals surface area contributed by atoms with Crippen molar-refractivity contribution in [2.24, 2.45) is 10.9 Å². The molecule has 3 heterocycles. The molecule has 136 valence electrons. The van der Waals surface area contributed by atoms with E-state index in [1.54, 1.807) is 6.21 Å². The minimum atomic E-state index is -0.537. The molecule has 2 aliphatic heterocycles. The highest BCUT2D eigenvalue weighted by molar-refractivity contribution is 5.76. The van der Waals surface area contributed by atoms with Crippen molar-refractivity contribution in [1.29, 1.82) is 5.26 Å². The fourth-order valence-electron chi connectivity index (χ4n) is 4.17. The second-order valence-electron chi connectivity index (χ2n) is 6.81. The number of ether oxygens (including phenoxy) is 1. The van der Waals surface area contributed by atoms with Crippen molar-refractivity contribution in [3.05, 3.63) is 23.9 Å². The maximum atomic E-state index is 11.8. The van der Waals surface area contributed by atoms with Crippen molar-refractivity contribution in [3.8, 4) is 6.07 Å². The van der Waals surface area contributed by atoms with Gasteiger partial charge in [0.1, 0.15) is 24.6 Å². The van der Waals surface area contributed by atoms with E-state index in [-0.39, 0.29) is 30.8 Å². The van der Waals surface area contributed by atoms with Crippen LogP contribution in [0.2, 0.25) is 0 Å². The molecule has 1 fully saturated rings. The van der Waals surface area contributed by atoms with E-state index >= 15 is 0 Å². The van der Waals surface area contributed by atoms with E-state index in [0.29, 0.717) is 12.3 Å². The van der Waals surface area contributed by atoms with E-state index < -0.39 is 6.09 Å². The summed E-state index contributed by atoms with van der Waals surface area (Å²) in [7, 11) is 0. The molecule has 0 aromatic carbocycles. The molecule has 0 saturated heterocycles. The lowest BCUT2D eigenvalue weighted by atomic mass is 9.92. The molecule has 0 bridgehead atoms. The van der Waals surface area contributed by atoms with E-state index in [9.17, 15) is 4.79 Å². The maximum absolute atomic E-state index is 11.8. The fourth-order valence-corrected chi connectivity index (χ4v) is 4.17. The second-order valence-corrected chi connectivity index (χ2v) is 6.81. The van der Waals surface area contributed by atoms with Crippen LogP contribution in [0.25, 0.3) is 0 Å². The number of rotatable bonds is 4. The largest absolute Gasteiger partial charge is 0.446 e. The molecule has 2 N–H and O–H groups in total. The van der Waals surface area contributed by atoms with Crippen LogP contribution in [-0.4, -0.2) is 45.9 Å². The molecule has 9 nitrogen and oxygen atoms in total. The minimum absolute atomic E-state index is 0.0115. The van der Waals surface area contributed by atoms with Gasteiger partial charge in [0, 0.05) is 5.92 Å². The molecule has 1 aliphatic carbocycles.